The summed E-state index contributed by atoms with van der Waals surface area (Å²) < 4.78 is 5.42. The van der Waals surface area contributed by atoms with Crippen LogP contribution in [0.15, 0.2) is 18.2 Å². The molecule has 5 rings (SSSR count). The van der Waals surface area contributed by atoms with E-state index in [-0.39, 0.29) is 27.8 Å². The molecule has 0 radical (unpaired) electrons. The summed E-state index contributed by atoms with van der Waals surface area (Å²) in [6, 6.07) is 6.71. The number of aliphatic hydroxyl groups is 1. The molecule has 1 aromatic carbocycles. The predicted molar refractivity (Wildman–Crippen MR) is 90.4 cm³/mol. The van der Waals surface area contributed by atoms with E-state index < -0.39 is 5.60 Å². The van der Waals surface area contributed by atoms with E-state index in [1.807, 2.05) is 0 Å². The maximum atomic E-state index is 11.2. The van der Waals surface area contributed by atoms with Gasteiger partial charge in [0.05, 0.1) is 13.5 Å². The molecule has 3 saturated carbocycles. The summed E-state index contributed by atoms with van der Waals surface area (Å²) in [4.78, 5) is 0. The zero-order valence-corrected chi connectivity index (χ0v) is 16.2. The molecule has 24 heavy (non-hydrogen) atoms. The van der Waals surface area contributed by atoms with E-state index in [2.05, 4.69) is 31.5 Å². The average molecular weight is 391 g/mol. The first-order chi connectivity index (χ1) is 11.0. The van der Waals surface area contributed by atoms with Gasteiger partial charge in [0.1, 0.15) is 23.2 Å². The fourth-order valence-electron chi connectivity index (χ4n) is 7.05. The highest BCUT2D eigenvalue weighted by atomic mass is 79.9. The Bertz CT molecular complexity index is 662. The fourth-order valence-corrected chi connectivity index (χ4v) is 7.05. The van der Waals surface area contributed by atoms with Crippen molar-refractivity contribution in [2.75, 3.05) is 7.11 Å². The van der Waals surface area contributed by atoms with Crippen LogP contribution in [0.5, 0.6) is 5.75 Å². The van der Waals surface area contributed by atoms with Gasteiger partial charge >= 0.3 is 0 Å². The number of rotatable bonds is 1. The van der Waals surface area contributed by atoms with Gasteiger partial charge in [-0.2, -0.15) is 0 Å². The second kappa shape index (κ2) is 5.17. The number of fused-ring (bicyclic) bond motifs is 3. The van der Waals surface area contributed by atoms with E-state index in [4.69, 9.17) is 4.74 Å². The number of benzene rings is 1. The van der Waals surface area contributed by atoms with Crippen LogP contribution < -0.4 is 21.7 Å². The maximum absolute atomic E-state index is 11.2. The number of hydrogen-bond donors (Lipinski definition) is 1. The first-order valence-electron chi connectivity index (χ1n) is 9.27. The number of halogens is 1. The molecular weight excluding hydrogens is 364 g/mol. The van der Waals surface area contributed by atoms with Crippen molar-refractivity contribution >= 4 is 0 Å². The standard InChI is InChI=1S/C21H27O2.BrH/c1-19-8-7-17-16-5-4-15(23-2)13-14(16)3-6-18(17)20(19)9-11-21(19,22)12-10-20;/h4-5,9,13,17-18,22H,3,6-8,10-12H2,1-2H3;1H/q+1;/p-1/t17-,18-,19+,20+,21-;/m1./s1. The Morgan fingerprint density at radius 1 is 1.21 bits per heavy atom. The van der Waals surface area contributed by atoms with Crippen LogP contribution in [0.1, 0.15) is 62.5 Å². The van der Waals surface area contributed by atoms with Gasteiger partial charge in [0, 0.05) is 11.3 Å². The topological polar surface area (TPSA) is 29.5 Å². The summed E-state index contributed by atoms with van der Waals surface area (Å²) in [5.41, 5.74) is 3.04. The molecule has 3 heteroatoms. The summed E-state index contributed by atoms with van der Waals surface area (Å²) in [6.45, 7) is 2.39. The molecule has 130 valence electrons. The predicted octanol–water partition coefficient (Wildman–Crippen LogP) is 1.26. The lowest BCUT2D eigenvalue weighted by molar-refractivity contribution is -0.0966. The van der Waals surface area contributed by atoms with Crippen molar-refractivity contribution in [1.29, 1.82) is 0 Å². The van der Waals surface area contributed by atoms with Crippen molar-refractivity contribution < 1.29 is 26.8 Å². The quantitative estimate of drug-likeness (QED) is 0.731. The molecular formula is C21H27BrO2. The zero-order chi connectivity index (χ0) is 15.9. The van der Waals surface area contributed by atoms with Crippen LogP contribution in [-0.2, 0) is 6.42 Å². The molecule has 4 aliphatic rings. The molecule has 2 bridgehead atoms. The molecule has 5 atom stereocenters. The Morgan fingerprint density at radius 2 is 2.04 bits per heavy atom. The Kier molecular flexibility index (Phi) is 3.61. The molecule has 0 aromatic heterocycles. The smallest absolute Gasteiger partial charge is 0.120 e. The Hall–Kier alpha value is -0.670. The van der Waals surface area contributed by atoms with Crippen LogP contribution in [0.2, 0.25) is 0 Å². The Balaban J connectivity index is 0.00000146. The molecule has 2 nitrogen and oxygen atoms in total. The van der Waals surface area contributed by atoms with Crippen molar-refractivity contribution in [1.82, 2.24) is 0 Å². The van der Waals surface area contributed by atoms with Crippen LogP contribution in [-0.4, -0.2) is 17.8 Å². The minimum absolute atomic E-state index is 0. The first-order valence-corrected chi connectivity index (χ1v) is 9.27. The van der Waals surface area contributed by atoms with E-state index in [0.717, 1.165) is 30.9 Å². The van der Waals surface area contributed by atoms with Crippen molar-refractivity contribution in [2.24, 2.45) is 16.7 Å². The van der Waals surface area contributed by atoms with Crippen LogP contribution >= 0.6 is 0 Å². The second-order valence-electron chi connectivity index (χ2n) is 8.67. The normalized spacial score (nSPS) is 44.6. The average Bonchev–Trinajstić information content (AvgIpc) is 2.95. The number of aryl methyl sites for hydroxylation is 1. The van der Waals surface area contributed by atoms with Crippen molar-refractivity contribution in [3.63, 3.8) is 0 Å². The molecule has 0 unspecified atom stereocenters. The van der Waals surface area contributed by atoms with Gasteiger partial charge in [-0.3, -0.25) is 0 Å². The lowest BCUT2D eigenvalue weighted by Gasteiger charge is -2.52. The van der Waals surface area contributed by atoms with Crippen molar-refractivity contribution in [3.8, 4) is 5.75 Å². The van der Waals surface area contributed by atoms with E-state index in [1.165, 1.54) is 31.2 Å². The SMILES string of the molecule is COc1ccc2c(c1)CC[C@@H]1[C@@H]2CC[C@]2(C)[C@@]3(O)C[CH+][C@]12CC3.[Br-]. The summed E-state index contributed by atoms with van der Waals surface area (Å²) in [7, 11) is 1.76. The number of hydrogen-bond acceptors (Lipinski definition) is 2. The third-order valence-corrected chi connectivity index (χ3v) is 8.39. The minimum Gasteiger partial charge on any atom is -1.00 e. The van der Waals surface area contributed by atoms with Gasteiger partial charge in [-0.25, -0.2) is 0 Å². The lowest BCUT2D eigenvalue weighted by atomic mass is 9.48. The minimum atomic E-state index is -0.418. The molecule has 0 aliphatic heterocycles. The second-order valence-corrected chi connectivity index (χ2v) is 8.67. The summed E-state index contributed by atoms with van der Waals surface area (Å²) in [5.74, 6) is 2.39. The van der Waals surface area contributed by atoms with E-state index in [0.29, 0.717) is 5.92 Å². The highest BCUT2D eigenvalue weighted by Gasteiger charge is 2.79. The largest absolute Gasteiger partial charge is 1.00 e. The number of ether oxygens (including phenoxy) is 1. The maximum Gasteiger partial charge on any atom is 0.120 e. The Labute approximate surface area is 155 Å². The molecule has 0 saturated heterocycles. The van der Waals surface area contributed by atoms with Crippen molar-refractivity contribution in [3.05, 3.63) is 35.7 Å². The van der Waals surface area contributed by atoms with Crippen molar-refractivity contribution in [2.45, 2.75) is 63.4 Å². The lowest BCUT2D eigenvalue weighted by Crippen LogP contribution is -3.00. The summed E-state index contributed by atoms with van der Waals surface area (Å²) >= 11 is 0. The molecule has 3 fully saturated rings. The first kappa shape index (κ1) is 16.8. The van der Waals surface area contributed by atoms with Gasteiger partial charge in [0.25, 0.3) is 0 Å². The van der Waals surface area contributed by atoms with Crippen LogP contribution in [0.4, 0.5) is 0 Å². The third-order valence-electron chi connectivity index (χ3n) is 8.39. The molecule has 0 heterocycles. The molecule has 4 aliphatic carbocycles. The summed E-state index contributed by atoms with van der Waals surface area (Å²) in [5, 5.41) is 11.2. The highest BCUT2D eigenvalue weighted by molar-refractivity contribution is 5.43. The third kappa shape index (κ3) is 1.73. The Morgan fingerprint density at radius 3 is 2.75 bits per heavy atom. The summed E-state index contributed by atoms with van der Waals surface area (Å²) in [6.07, 6.45) is 10.5. The highest BCUT2D eigenvalue weighted by Crippen LogP contribution is 2.77. The van der Waals surface area contributed by atoms with Gasteiger partial charge in [0.15, 0.2) is 0 Å². The molecule has 1 N–H and O–H groups in total. The van der Waals surface area contributed by atoms with Crippen LogP contribution in [0.3, 0.4) is 0 Å². The zero-order valence-electron chi connectivity index (χ0n) is 14.6. The molecule has 0 amide bonds. The number of methoxy groups -OCH3 is 1. The molecule has 1 aromatic rings. The van der Waals surface area contributed by atoms with Gasteiger partial charge < -0.3 is 26.8 Å². The van der Waals surface area contributed by atoms with Gasteiger partial charge in [-0.15, -0.1) is 0 Å². The molecule has 0 spiro atoms. The van der Waals surface area contributed by atoms with Gasteiger partial charge in [-0.05, 0) is 67.7 Å². The monoisotopic (exact) mass is 390 g/mol. The van der Waals surface area contributed by atoms with E-state index in [9.17, 15) is 5.11 Å². The fraction of sp³-hybridized carbons (Fsp3) is 0.667. The van der Waals surface area contributed by atoms with E-state index in [1.54, 1.807) is 12.7 Å². The van der Waals surface area contributed by atoms with Crippen LogP contribution in [0, 0.1) is 23.2 Å². The van der Waals surface area contributed by atoms with Gasteiger partial charge in [0.2, 0.25) is 0 Å². The van der Waals surface area contributed by atoms with Gasteiger partial charge in [-0.1, -0.05) is 13.0 Å². The van der Waals surface area contributed by atoms with Crippen LogP contribution in [0.25, 0.3) is 0 Å². The van der Waals surface area contributed by atoms with E-state index >= 15 is 0 Å².